The summed E-state index contributed by atoms with van der Waals surface area (Å²) in [5.74, 6) is 1.10. The van der Waals surface area contributed by atoms with Gasteiger partial charge in [0.2, 0.25) is 0 Å². The fourth-order valence-electron chi connectivity index (χ4n) is 1.81. The van der Waals surface area contributed by atoms with E-state index in [1.54, 1.807) is 0 Å². The first-order valence-electron chi connectivity index (χ1n) is 5.25. The van der Waals surface area contributed by atoms with Crippen molar-refractivity contribution < 1.29 is 0 Å². The van der Waals surface area contributed by atoms with Gasteiger partial charge >= 0.3 is 0 Å². The Morgan fingerprint density at radius 3 is 2.93 bits per heavy atom. The maximum absolute atomic E-state index is 4.13. The van der Waals surface area contributed by atoms with Crippen LogP contribution in [0.3, 0.4) is 0 Å². The molecule has 0 aromatic carbocycles. The van der Waals surface area contributed by atoms with E-state index in [9.17, 15) is 0 Å². The third-order valence-electron chi connectivity index (χ3n) is 3.36. The first-order chi connectivity index (χ1) is 6.63. The molecule has 0 amide bonds. The van der Waals surface area contributed by atoms with Crippen molar-refractivity contribution in [2.24, 2.45) is 0 Å². The number of fused-ring (bicyclic) bond motifs is 1. The van der Waals surface area contributed by atoms with Crippen molar-refractivity contribution in [2.45, 2.75) is 45.8 Å². The summed E-state index contributed by atoms with van der Waals surface area (Å²) in [7, 11) is 0. The van der Waals surface area contributed by atoms with Crippen LogP contribution in [0.25, 0.3) is 0 Å². The van der Waals surface area contributed by atoms with Gasteiger partial charge in [-0.25, -0.2) is 0 Å². The predicted molar refractivity (Wildman–Crippen MR) is 54.8 cm³/mol. The van der Waals surface area contributed by atoms with Crippen molar-refractivity contribution in [2.75, 3.05) is 6.54 Å². The van der Waals surface area contributed by atoms with Gasteiger partial charge in [0.1, 0.15) is 12.2 Å². The van der Waals surface area contributed by atoms with Crippen LogP contribution >= 0.6 is 0 Å². The third kappa shape index (κ3) is 1.54. The Balaban J connectivity index is 2.15. The normalized spacial score (nSPS) is 18.2. The monoisotopic (exact) mass is 194 g/mol. The summed E-state index contributed by atoms with van der Waals surface area (Å²) < 4.78 is 2.14. The average Bonchev–Trinajstić information content (AvgIpc) is 2.64. The van der Waals surface area contributed by atoms with Crippen LogP contribution in [0.2, 0.25) is 0 Å². The van der Waals surface area contributed by atoms with Crippen molar-refractivity contribution in [3.63, 3.8) is 0 Å². The van der Waals surface area contributed by atoms with E-state index in [-0.39, 0.29) is 5.54 Å². The zero-order chi connectivity index (χ0) is 10.2. The topological polar surface area (TPSA) is 34.0 Å². The van der Waals surface area contributed by atoms with E-state index >= 15 is 0 Å². The Bertz CT molecular complexity index is 316. The van der Waals surface area contributed by atoms with Crippen molar-refractivity contribution >= 4 is 0 Å². The molecule has 0 radical (unpaired) electrons. The summed E-state index contributed by atoms with van der Waals surface area (Å²) in [6.07, 6.45) is 2.99. The largest absolute Gasteiger partial charge is 0.315 e. The molecule has 1 aliphatic rings. The number of hydrogen-bond acceptors (Lipinski definition) is 3. The summed E-state index contributed by atoms with van der Waals surface area (Å²) >= 11 is 0. The summed E-state index contributed by atoms with van der Waals surface area (Å²) in [6, 6.07) is 0. The molecule has 2 heterocycles. The lowest BCUT2D eigenvalue weighted by atomic mass is 9.98. The zero-order valence-corrected chi connectivity index (χ0v) is 9.19. The van der Waals surface area contributed by atoms with Gasteiger partial charge in [0, 0.05) is 18.6 Å². The lowest BCUT2D eigenvalue weighted by Gasteiger charge is -2.40. The number of aromatic nitrogens is 3. The summed E-state index contributed by atoms with van der Waals surface area (Å²) in [6.45, 7) is 9.87. The average molecular weight is 194 g/mol. The minimum Gasteiger partial charge on any atom is -0.315 e. The van der Waals surface area contributed by atoms with Crippen molar-refractivity contribution in [1.82, 2.24) is 19.7 Å². The second kappa shape index (κ2) is 3.35. The predicted octanol–water partition coefficient (Wildman–Crippen LogP) is 1.28. The van der Waals surface area contributed by atoms with E-state index < -0.39 is 0 Å². The molecule has 0 saturated heterocycles. The highest BCUT2D eigenvalue weighted by Gasteiger charge is 2.28. The van der Waals surface area contributed by atoms with E-state index in [1.165, 1.54) is 6.42 Å². The molecule has 78 valence electrons. The number of rotatable bonds is 2. The Labute approximate surface area is 84.9 Å². The van der Waals surface area contributed by atoms with Crippen LogP contribution in [0.15, 0.2) is 6.33 Å². The molecule has 0 unspecified atom stereocenters. The van der Waals surface area contributed by atoms with Gasteiger partial charge < -0.3 is 4.57 Å². The van der Waals surface area contributed by atoms with E-state index in [0.717, 1.165) is 25.5 Å². The van der Waals surface area contributed by atoms with Crippen molar-refractivity contribution in [3.05, 3.63) is 12.2 Å². The summed E-state index contributed by atoms with van der Waals surface area (Å²) in [4.78, 5) is 2.48. The molecule has 0 fully saturated rings. The van der Waals surface area contributed by atoms with Gasteiger partial charge in [0.25, 0.3) is 0 Å². The Hall–Kier alpha value is -0.900. The number of hydrogen-bond donors (Lipinski definition) is 0. The van der Waals surface area contributed by atoms with E-state index in [4.69, 9.17) is 0 Å². The second-order valence-corrected chi connectivity index (χ2v) is 4.53. The lowest BCUT2D eigenvalue weighted by molar-refractivity contribution is 0.0822. The van der Waals surface area contributed by atoms with Gasteiger partial charge in [-0.15, -0.1) is 10.2 Å². The molecule has 0 saturated carbocycles. The Kier molecular flexibility index (Phi) is 2.31. The van der Waals surface area contributed by atoms with Gasteiger partial charge in [0.05, 0.1) is 6.54 Å². The molecule has 0 N–H and O–H groups in total. The van der Waals surface area contributed by atoms with Crippen LogP contribution in [-0.2, 0) is 13.1 Å². The third-order valence-corrected chi connectivity index (χ3v) is 3.36. The second-order valence-electron chi connectivity index (χ2n) is 4.53. The fourth-order valence-corrected chi connectivity index (χ4v) is 1.81. The van der Waals surface area contributed by atoms with Gasteiger partial charge in [-0.1, -0.05) is 6.92 Å². The first kappa shape index (κ1) is 9.65. The van der Waals surface area contributed by atoms with Crippen molar-refractivity contribution in [1.29, 1.82) is 0 Å². The van der Waals surface area contributed by atoms with Crippen LogP contribution < -0.4 is 0 Å². The van der Waals surface area contributed by atoms with Crippen LogP contribution in [0.5, 0.6) is 0 Å². The zero-order valence-electron chi connectivity index (χ0n) is 9.19. The van der Waals surface area contributed by atoms with E-state index in [2.05, 4.69) is 40.4 Å². The van der Waals surface area contributed by atoms with Crippen molar-refractivity contribution in [3.8, 4) is 0 Å². The standard InChI is InChI=1S/C10H18N4/c1-4-10(2,3)14-6-5-13-8-11-12-9(13)7-14/h8H,4-7H2,1-3H3. The highest BCUT2D eigenvalue weighted by molar-refractivity contribution is 4.94. The molecule has 14 heavy (non-hydrogen) atoms. The molecule has 4 heteroatoms. The van der Waals surface area contributed by atoms with Gasteiger partial charge in [0.15, 0.2) is 0 Å². The van der Waals surface area contributed by atoms with E-state index in [0.29, 0.717) is 0 Å². The maximum Gasteiger partial charge on any atom is 0.147 e. The van der Waals surface area contributed by atoms with Crippen LogP contribution in [0.1, 0.15) is 33.0 Å². The molecule has 1 aromatic rings. The minimum absolute atomic E-state index is 0.275. The first-order valence-corrected chi connectivity index (χ1v) is 5.25. The van der Waals surface area contributed by atoms with Crippen LogP contribution in [-0.4, -0.2) is 31.7 Å². The van der Waals surface area contributed by atoms with Crippen LogP contribution in [0.4, 0.5) is 0 Å². The molecule has 4 nitrogen and oxygen atoms in total. The molecule has 1 aliphatic heterocycles. The molecule has 1 aromatic heterocycles. The fraction of sp³-hybridized carbons (Fsp3) is 0.800. The minimum atomic E-state index is 0.275. The lowest BCUT2D eigenvalue weighted by Crippen LogP contribution is -2.47. The molecule has 0 aliphatic carbocycles. The van der Waals surface area contributed by atoms with E-state index in [1.807, 2.05) is 6.33 Å². The van der Waals surface area contributed by atoms with Gasteiger partial charge in [-0.3, -0.25) is 4.90 Å². The summed E-state index contributed by atoms with van der Waals surface area (Å²) in [5, 5.41) is 8.06. The van der Waals surface area contributed by atoms with Gasteiger partial charge in [-0.2, -0.15) is 0 Å². The Morgan fingerprint density at radius 1 is 1.43 bits per heavy atom. The van der Waals surface area contributed by atoms with Gasteiger partial charge in [-0.05, 0) is 20.3 Å². The highest BCUT2D eigenvalue weighted by Crippen LogP contribution is 2.22. The molecular formula is C10H18N4. The van der Waals surface area contributed by atoms with Crippen LogP contribution in [0, 0.1) is 0 Å². The Morgan fingerprint density at radius 2 is 2.21 bits per heavy atom. The number of nitrogens with zero attached hydrogens (tertiary/aromatic N) is 4. The molecule has 2 rings (SSSR count). The molecule has 0 atom stereocenters. The SMILES string of the molecule is CCC(C)(C)N1CCn2cnnc2C1. The molecule has 0 bridgehead atoms. The highest BCUT2D eigenvalue weighted by atomic mass is 15.3. The summed E-state index contributed by atoms with van der Waals surface area (Å²) in [5.41, 5.74) is 0.275. The molecular weight excluding hydrogens is 176 g/mol. The smallest absolute Gasteiger partial charge is 0.147 e. The quantitative estimate of drug-likeness (QED) is 0.711. The molecule has 0 spiro atoms. The maximum atomic E-state index is 4.13.